The van der Waals surface area contributed by atoms with Gasteiger partial charge in [0, 0.05) is 45.7 Å². The zero-order valence-electron chi connectivity index (χ0n) is 16.7. The maximum atomic E-state index is 12.8. The smallest absolute Gasteiger partial charge is 0.255 e. The molecule has 27 heavy (non-hydrogen) atoms. The van der Waals surface area contributed by atoms with Crippen LogP contribution in [0.25, 0.3) is 0 Å². The molecule has 1 atom stereocenters. The Hall–Kier alpha value is -2.44. The van der Waals surface area contributed by atoms with Crippen LogP contribution in [0.1, 0.15) is 43.5 Å². The third kappa shape index (κ3) is 5.77. The predicted octanol–water partition coefficient (Wildman–Crippen LogP) is 1.73. The number of piperidine rings is 1. The maximum absolute atomic E-state index is 12.8. The molecule has 1 aliphatic heterocycles. The number of nitrogens with one attached hydrogen (secondary N) is 1. The Morgan fingerprint density at radius 1 is 1.33 bits per heavy atom. The van der Waals surface area contributed by atoms with Gasteiger partial charge in [0.25, 0.3) is 5.91 Å². The summed E-state index contributed by atoms with van der Waals surface area (Å²) in [6, 6.07) is 3.46. The average molecular weight is 374 g/mol. The van der Waals surface area contributed by atoms with E-state index in [1.807, 2.05) is 13.8 Å². The van der Waals surface area contributed by atoms with E-state index < -0.39 is 0 Å². The van der Waals surface area contributed by atoms with Gasteiger partial charge in [0.2, 0.25) is 5.91 Å². The normalized spacial score (nSPS) is 16.9. The van der Waals surface area contributed by atoms with E-state index in [1.165, 1.54) is 6.20 Å². The van der Waals surface area contributed by atoms with Crippen molar-refractivity contribution in [2.75, 3.05) is 38.6 Å². The number of hydrogen-bond donors (Lipinski definition) is 1. The quantitative estimate of drug-likeness (QED) is 0.786. The van der Waals surface area contributed by atoms with E-state index >= 15 is 0 Å². The van der Waals surface area contributed by atoms with Gasteiger partial charge in [-0.3, -0.25) is 14.4 Å². The molecule has 1 aliphatic rings. The van der Waals surface area contributed by atoms with E-state index in [0.717, 1.165) is 12.8 Å². The van der Waals surface area contributed by atoms with Gasteiger partial charge in [-0.2, -0.15) is 0 Å². The first-order valence-corrected chi connectivity index (χ1v) is 9.51. The molecule has 2 amide bonds. The second-order valence-corrected chi connectivity index (χ2v) is 7.59. The summed E-state index contributed by atoms with van der Waals surface area (Å²) in [6.07, 6.45) is 3.82. The Labute approximate surface area is 161 Å². The summed E-state index contributed by atoms with van der Waals surface area (Å²) >= 11 is 0. The van der Waals surface area contributed by atoms with E-state index in [4.69, 9.17) is 0 Å². The molecule has 0 saturated carbocycles. The number of Topliss-reactive ketones (excluding diaryl/α,β-unsaturated/α-hetero) is 1. The monoisotopic (exact) mass is 374 g/mol. The first-order valence-electron chi connectivity index (χ1n) is 9.51. The SMILES string of the molecule is CNC(=O)CN(C)c1ccc(C(=O)N2CCC[C@@H](C(=O)CC(C)C)C2)cn1. The highest BCUT2D eigenvalue weighted by Gasteiger charge is 2.29. The lowest BCUT2D eigenvalue weighted by molar-refractivity contribution is -0.125. The van der Waals surface area contributed by atoms with Crippen LogP contribution in [0.3, 0.4) is 0 Å². The summed E-state index contributed by atoms with van der Waals surface area (Å²) in [5.74, 6) is 0.962. The second kappa shape index (κ2) is 9.48. The summed E-state index contributed by atoms with van der Waals surface area (Å²) in [5, 5.41) is 2.57. The molecule has 1 N–H and O–H groups in total. The van der Waals surface area contributed by atoms with E-state index in [0.29, 0.717) is 36.8 Å². The van der Waals surface area contributed by atoms with Gasteiger partial charge >= 0.3 is 0 Å². The van der Waals surface area contributed by atoms with Crippen LogP contribution in [-0.2, 0) is 9.59 Å². The molecule has 1 aromatic heterocycles. The van der Waals surface area contributed by atoms with E-state index in [-0.39, 0.29) is 30.1 Å². The molecular formula is C20H30N4O3. The van der Waals surface area contributed by atoms with Crippen molar-refractivity contribution in [2.24, 2.45) is 11.8 Å². The Morgan fingerprint density at radius 2 is 2.07 bits per heavy atom. The summed E-state index contributed by atoms with van der Waals surface area (Å²) in [6.45, 7) is 5.43. The fourth-order valence-electron chi connectivity index (χ4n) is 3.29. The highest BCUT2D eigenvalue weighted by atomic mass is 16.2. The van der Waals surface area contributed by atoms with Crippen molar-refractivity contribution in [3.63, 3.8) is 0 Å². The fourth-order valence-corrected chi connectivity index (χ4v) is 3.29. The zero-order chi connectivity index (χ0) is 20.0. The maximum Gasteiger partial charge on any atom is 0.255 e. The highest BCUT2D eigenvalue weighted by molar-refractivity contribution is 5.94. The molecule has 0 unspecified atom stereocenters. The number of rotatable bonds is 7. The van der Waals surface area contributed by atoms with Gasteiger partial charge in [0.1, 0.15) is 11.6 Å². The number of anilines is 1. The van der Waals surface area contributed by atoms with Crippen LogP contribution in [0.5, 0.6) is 0 Å². The fraction of sp³-hybridized carbons (Fsp3) is 0.600. The van der Waals surface area contributed by atoms with Gasteiger partial charge in [-0.25, -0.2) is 4.98 Å². The Balaban J connectivity index is 2.00. The van der Waals surface area contributed by atoms with Crippen molar-refractivity contribution < 1.29 is 14.4 Å². The van der Waals surface area contributed by atoms with Crippen LogP contribution in [-0.4, -0.2) is 61.2 Å². The first kappa shape index (κ1) is 20.9. The van der Waals surface area contributed by atoms with Crippen molar-refractivity contribution in [1.82, 2.24) is 15.2 Å². The molecule has 148 valence electrons. The topological polar surface area (TPSA) is 82.6 Å². The molecule has 0 radical (unpaired) electrons. The molecule has 2 heterocycles. The van der Waals surface area contributed by atoms with Gasteiger partial charge < -0.3 is 15.1 Å². The lowest BCUT2D eigenvalue weighted by Gasteiger charge is -2.32. The summed E-state index contributed by atoms with van der Waals surface area (Å²) in [5.41, 5.74) is 0.504. The van der Waals surface area contributed by atoms with Crippen molar-refractivity contribution in [3.8, 4) is 0 Å². The van der Waals surface area contributed by atoms with E-state index in [1.54, 1.807) is 36.0 Å². The van der Waals surface area contributed by atoms with E-state index in [9.17, 15) is 14.4 Å². The van der Waals surface area contributed by atoms with Gasteiger partial charge in [-0.15, -0.1) is 0 Å². The predicted molar refractivity (Wildman–Crippen MR) is 105 cm³/mol. The number of amides is 2. The molecule has 0 bridgehead atoms. The zero-order valence-corrected chi connectivity index (χ0v) is 16.7. The van der Waals surface area contributed by atoms with Gasteiger partial charge in [-0.05, 0) is 30.9 Å². The van der Waals surface area contributed by atoms with Gasteiger partial charge in [-0.1, -0.05) is 13.8 Å². The molecule has 0 aliphatic carbocycles. The Bertz CT molecular complexity index is 672. The molecule has 1 fully saturated rings. The molecule has 0 aromatic carbocycles. The van der Waals surface area contributed by atoms with Crippen LogP contribution in [0, 0.1) is 11.8 Å². The Morgan fingerprint density at radius 3 is 2.67 bits per heavy atom. The third-order valence-corrected chi connectivity index (χ3v) is 4.82. The molecule has 2 rings (SSSR count). The second-order valence-electron chi connectivity index (χ2n) is 7.59. The van der Waals surface area contributed by atoms with Gasteiger partial charge in [0.15, 0.2) is 0 Å². The van der Waals surface area contributed by atoms with Crippen LogP contribution in [0.15, 0.2) is 18.3 Å². The van der Waals surface area contributed by atoms with Crippen molar-refractivity contribution in [1.29, 1.82) is 0 Å². The van der Waals surface area contributed by atoms with Crippen molar-refractivity contribution >= 4 is 23.4 Å². The lowest BCUT2D eigenvalue weighted by Crippen LogP contribution is -2.42. The number of likely N-dealkylation sites (tertiary alicyclic amines) is 1. The number of ketones is 1. The largest absolute Gasteiger partial charge is 0.358 e. The molecule has 7 nitrogen and oxygen atoms in total. The highest BCUT2D eigenvalue weighted by Crippen LogP contribution is 2.22. The average Bonchev–Trinajstić information content (AvgIpc) is 2.67. The standard InChI is InChI=1S/C20H30N4O3/c1-14(2)10-17(25)16-6-5-9-24(12-16)20(27)15-7-8-18(22-11-15)23(4)13-19(26)21-3/h7-8,11,14,16H,5-6,9-10,12-13H2,1-4H3,(H,21,26)/t16-/m1/s1. The number of nitrogens with zero attached hydrogens (tertiary/aromatic N) is 3. The van der Waals surface area contributed by atoms with E-state index in [2.05, 4.69) is 10.3 Å². The molecule has 1 aromatic rings. The summed E-state index contributed by atoms with van der Waals surface area (Å²) < 4.78 is 0. The number of likely N-dealkylation sites (N-methyl/N-ethyl adjacent to an activating group) is 2. The minimum atomic E-state index is -0.107. The van der Waals surface area contributed by atoms with Crippen LogP contribution >= 0.6 is 0 Å². The van der Waals surface area contributed by atoms with Gasteiger partial charge in [0.05, 0.1) is 12.1 Å². The van der Waals surface area contributed by atoms with Crippen molar-refractivity contribution in [3.05, 3.63) is 23.9 Å². The summed E-state index contributed by atoms with van der Waals surface area (Å²) in [7, 11) is 3.36. The minimum absolute atomic E-state index is 0.0592. The molecular weight excluding hydrogens is 344 g/mol. The number of hydrogen-bond acceptors (Lipinski definition) is 5. The number of aromatic nitrogens is 1. The number of carbonyl (C=O) groups excluding carboxylic acids is 3. The van der Waals surface area contributed by atoms with Crippen LogP contribution < -0.4 is 10.2 Å². The number of carbonyl (C=O) groups is 3. The van der Waals surface area contributed by atoms with Crippen molar-refractivity contribution in [2.45, 2.75) is 33.1 Å². The molecule has 1 saturated heterocycles. The number of pyridine rings is 1. The molecule has 7 heteroatoms. The first-order chi connectivity index (χ1) is 12.8. The third-order valence-electron chi connectivity index (χ3n) is 4.82. The van der Waals surface area contributed by atoms with Crippen LogP contribution in [0.2, 0.25) is 0 Å². The molecule has 0 spiro atoms. The van der Waals surface area contributed by atoms with Crippen LogP contribution in [0.4, 0.5) is 5.82 Å². The minimum Gasteiger partial charge on any atom is -0.358 e. The Kier molecular flexibility index (Phi) is 7.33. The summed E-state index contributed by atoms with van der Waals surface area (Å²) in [4.78, 5) is 44.4. The lowest BCUT2D eigenvalue weighted by atomic mass is 9.89.